The first-order valence-corrected chi connectivity index (χ1v) is 7.41. The van der Waals surface area contributed by atoms with E-state index >= 15 is 0 Å². The van der Waals surface area contributed by atoms with Gasteiger partial charge in [-0.25, -0.2) is 13.2 Å². The molecule has 1 aromatic heterocycles. The summed E-state index contributed by atoms with van der Waals surface area (Å²) in [5, 5.41) is 9.28. The Morgan fingerprint density at radius 3 is 2.70 bits per heavy atom. The highest BCUT2D eigenvalue weighted by atomic mass is 32.2. The third kappa shape index (κ3) is 2.49. The lowest BCUT2D eigenvalue weighted by molar-refractivity contribution is 0.171. The third-order valence-corrected chi connectivity index (χ3v) is 4.81. The number of aliphatic hydroxyl groups is 1. The van der Waals surface area contributed by atoms with Crippen LogP contribution >= 0.6 is 0 Å². The molecular formula is C12H16N2O5S. The van der Waals surface area contributed by atoms with Crippen LogP contribution in [-0.4, -0.2) is 42.1 Å². The van der Waals surface area contributed by atoms with Crippen LogP contribution < -0.4 is 5.76 Å². The van der Waals surface area contributed by atoms with Gasteiger partial charge in [-0.2, -0.15) is 4.31 Å². The summed E-state index contributed by atoms with van der Waals surface area (Å²) >= 11 is 0. The summed E-state index contributed by atoms with van der Waals surface area (Å²) in [5.41, 5.74) is 0.733. The second-order valence-corrected chi connectivity index (χ2v) is 6.74. The van der Waals surface area contributed by atoms with Gasteiger partial charge in [-0.05, 0) is 19.1 Å². The lowest BCUT2D eigenvalue weighted by Crippen LogP contribution is -2.33. The second kappa shape index (κ2) is 5.04. The summed E-state index contributed by atoms with van der Waals surface area (Å²) in [5.74, 6) is -0.549. The molecule has 1 unspecified atom stereocenters. The maximum atomic E-state index is 12.3. The lowest BCUT2D eigenvalue weighted by Gasteiger charge is -2.18. The van der Waals surface area contributed by atoms with Crippen molar-refractivity contribution < 1.29 is 17.9 Å². The fourth-order valence-corrected chi connectivity index (χ4v) is 3.19. The van der Waals surface area contributed by atoms with Crippen molar-refractivity contribution in [3.8, 4) is 0 Å². The first-order valence-electron chi connectivity index (χ1n) is 5.97. The number of benzene rings is 1. The zero-order valence-electron chi connectivity index (χ0n) is 11.4. The fraction of sp³-hybridized carbons (Fsp3) is 0.417. The Morgan fingerprint density at radius 2 is 2.10 bits per heavy atom. The predicted octanol–water partition coefficient (Wildman–Crippen LogP) is 0.133. The normalized spacial score (nSPS) is 14.1. The summed E-state index contributed by atoms with van der Waals surface area (Å²) in [6, 6.07) is 4.24. The van der Waals surface area contributed by atoms with E-state index in [4.69, 9.17) is 4.42 Å². The molecule has 20 heavy (non-hydrogen) atoms. The van der Waals surface area contributed by atoms with Crippen LogP contribution in [0.2, 0.25) is 0 Å². The third-order valence-electron chi connectivity index (χ3n) is 2.99. The van der Waals surface area contributed by atoms with Crippen LogP contribution in [0.3, 0.4) is 0 Å². The Labute approximate surface area is 116 Å². The molecule has 0 spiro atoms. The maximum Gasteiger partial charge on any atom is 0.419 e. The van der Waals surface area contributed by atoms with Crippen LogP contribution in [0.25, 0.3) is 11.1 Å². The monoisotopic (exact) mass is 300 g/mol. The largest absolute Gasteiger partial charge is 0.419 e. The number of aryl methyl sites for hydroxylation is 1. The van der Waals surface area contributed by atoms with Gasteiger partial charge < -0.3 is 9.52 Å². The molecule has 0 aliphatic carbocycles. The smallest absolute Gasteiger partial charge is 0.408 e. The van der Waals surface area contributed by atoms with Crippen molar-refractivity contribution in [3.63, 3.8) is 0 Å². The van der Waals surface area contributed by atoms with Crippen LogP contribution in [0.5, 0.6) is 0 Å². The van der Waals surface area contributed by atoms with E-state index in [0.29, 0.717) is 5.52 Å². The van der Waals surface area contributed by atoms with Crippen molar-refractivity contribution in [2.45, 2.75) is 17.9 Å². The van der Waals surface area contributed by atoms with E-state index < -0.39 is 21.9 Å². The van der Waals surface area contributed by atoms with Gasteiger partial charge in [0.25, 0.3) is 0 Å². The van der Waals surface area contributed by atoms with Crippen LogP contribution in [0, 0.1) is 0 Å². The van der Waals surface area contributed by atoms with E-state index in [1.807, 2.05) is 0 Å². The van der Waals surface area contributed by atoms with E-state index in [9.17, 15) is 18.3 Å². The molecule has 1 N–H and O–H groups in total. The van der Waals surface area contributed by atoms with Crippen molar-refractivity contribution in [1.29, 1.82) is 0 Å². The van der Waals surface area contributed by atoms with Gasteiger partial charge in [-0.15, -0.1) is 0 Å². The van der Waals surface area contributed by atoms with Crippen molar-refractivity contribution in [2.75, 3.05) is 13.6 Å². The minimum Gasteiger partial charge on any atom is -0.408 e. The maximum absolute atomic E-state index is 12.3. The first kappa shape index (κ1) is 14.8. The summed E-state index contributed by atoms with van der Waals surface area (Å²) in [6.45, 7) is 1.49. The van der Waals surface area contributed by atoms with Crippen molar-refractivity contribution in [1.82, 2.24) is 8.87 Å². The predicted molar refractivity (Wildman–Crippen MR) is 73.0 cm³/mol. The summed E-state index contributed by atoms with van der Waals surface area (Å²) in [6.07, 6.45) is -0.770. The number of rotatable bonds is 4. The average Bonchev–Trinajstić information content (AvgIpc) is 2.63. The zero-order chi connectivity index (χ0) is 15.1. The molecule has 0 aliphatic heterocycles. The topological polar surface area (TPSA) is 92.8 Å². The van der Waals surface area contributed by atoms with E-state index in [1.165, 1.54) is 36.7 Å². The van der Waals surface area contributed by atoms with Gasteiger partial charge in [0.15, 0.2) is 5.58 Å². The highest BCUT2D eigenvalue weighted by Crippen LogP contribution is 2.20. The van der Waals surface area contributed by atoms with Gasteiger partial charge >= 0.3 is 5.76 Å². The number of sulfonamides is 1. The standard InChI is InChI=1S/C12H16N2O5S/c1-8(15)7-13(2)20(17,18)9-4-5-10-11(6-9)19-12(16)14(10)3/h4-6,8,15H,7H2,1-3H3. The number of aliphatic hydroxyl groups excluding tert-OH is 1. The number of nitrogens with zero attached hydrogens (tertiary/aromatic N) is 2. The van der Waals surface area contributed by atoms with Gasteiger partial charge in [0, 0.05) is 26.7 Å². The lowest BCUT2D eigenvalue weighted by atomic mass is 10.3. The number of oxazole rings is 1. The van der Waals surface area contributed by atoms with E-state index in [1.54, 1.807) is 7.05 Å². The van der Waals surface area contributed by atoms with Crippen molar-refractivity contribution in [3.05, 3.63) is 28.7 Å². The number of hydrogen-bond donors (Lipinski definition) is 1. The average molecular weight is 300 g/mol. The quantitative estimate of drug-likeness (QED) is 0.866. The molecule has 7 nitrogen and oxygen atoms in total. The summed E-state index contributed by atoms with van der Waals surface area (Å²) in [7, 11) is -0.801. The number of aromatic nitrogens is 1. The summed E-state index contributed by atoms with van der Waals surface area (Å²) < 4.78 is 31.9. The molecule has 0 bridgehead atoms. The Hall–Kier alpha value is -1.64. The zero-order valence-corrected chi connectivity index (χ0v) is 12.2. The van der Waals surface area contributed by atoms with Crippen LogP contribution in [-0.2, 0) is 17.1 Å². The highest BCUT2D eigenvalue weighted by Gasteiger charge is 2.23. The van der Waals surface area contributed by atoms with E-state index in [2.05, 4.69) is 0 Å². The Kier molecular flexibility index (Phi) is 3.72. The molecule has 0 radical (unpaired) electrons. The van der Waals surface area contributed by atoms with Crippen LogP contribution in [0.4, 0.5) is 0 Å². The van der Waals surface area contributed by atoms with Crippen LogP contribution in [0.15, 0.2) is 32.3 Å². The number of likely N-dealkylation sites (N-methyl/N-ethyl adjacent to an activating group) is 1. The molecule has 1 aromatic carbocycles. The molecule has 0 aliphatic rings. The molecule has 0 amide bonds. The molecule has 1 atom stereocenters. The minimum absolute atomic E-state index is 0.0148. The van der Waals surface area contributed by atoms with E-state index in [0.717, 1.165) is 4.31 Å². The van der Waals surface area contributed by atoms with Crippen molar-refractivity contribution in [2.24, 2.45) is 7.05 Å². The Morgan fingerprint density at radius 1 is 1.45 bits per heavy atom. The van der Waals surface area contributed by atoms with Gasteiger partial charge in [-0.3, -0.25) is 4.57 Å². The second-order valence-electron chi connectivity index (χ2n) is 4.69. The van der Waals surface area contributed by atoms with Crippen LogP contribution in [0.1, 0.15) is 6.92 Å². The Bertz CT molecular complexity index is 788. The van der Waals surface area contributed by atoms with E-state index in [-0.39, 0.29) is 17.0 Å². The molecule has 0 saturated carbocycles. The summed E-state index contributed by atoms with van der Waals surface area (Å²) in [4.78, 5) is 11.4. The molecule has 110 valence electrons. The van der Waals surface area contributed by atoms with Gasteiger partial charge in [-0.1, -0.05) is 0 Å². The fourth-order valence-electron chi connectivity index (χ4n) is 1.92. The SMILES string of the molecule is CC(O)CN(C)S(=O)(=O)c1ccc2c(c1)oc(=O)n2C. The number of fused-ring (bicyclic) bond motifs is 1. The van der Waals surface area contributed by atoms with Gasteiger partial charge in [0.2, 0.25) is 10.0 Å². The molecule has 2 rings (SSSR count). The minimum atomic E-state index is -3.73. The first-order chi connectivity index (χ1) is 9.23. The van der Waals surface area contributed by atoms with Gasteiger partial charge in [0.1, 0.15) is 0 Å². The van der Waals surface area contributed by atoms with Crippen molar-refractivity contribution >= 4 is 21.1 Å². The number of hydrogen-bond acceptors (Lipinski definition) is 5. The molecule has 0 saturated heterocycles. The molecule has 1 heterocycles. The Balaban J connectivity index is 2.50. The molecule has 2 aromatic rings. The molecule has 8 heteroatoms. The molecule has 0 fully saturated rings. The molecular weight excluding hydrogens is 284 g/mol. The highest BCUT2D eigenvalue weighted by molar-refractivity contribution is 7.89. The van der Waals surface area contributed by atoms with Gasteiger partial charge in [0.05, 0.1) is 16.5 Å².